The average Bonchev–Trinajstić information content (AvgIpc) is 2.34. The van der Waals surface area contributed by atoms with E-state index in [0.717, 1.165) is 22.5 Å². The van der Waals surface area contributed by atoms with Crippen molar-refractivity contribution in [3.8, 4) is 0 Å². The molecule has 0 atom stereocenters. The first-order valence-corrected chi connectivity index (χ1v) is 6.29. The van der Waals surface area contributed by atoms with Crippen molar-refractivity contribution in [1.82, 2.24) is 0 Å². The first-order valence-electron chi connectivity index (χ1n) is 5.50. The third-order valence-corrected chi connectivity index (χ3v) is 3.22. The van der Waals surface area contributed by atoms with Crippen LogP contribution in [-0.2, 0) is 0 Å². The second kappa shape index (κ2) is 5.38. The zero-order valence-electron chi connectivity index (χ0n) is 9.91. The lowest BCUT2D eigenvalue weighted by atomic mass is 10.1. The van der Waals surface area contributed by atoms with Crippen LogP contribution in [-0.4, -0.2) is 4.99 Å². The van der Waals surface area contributed by atoms with Gasteiger partial charge < -0.3 is 11.1 Å². The molecule has 2 nitrogen and oxygen atoms in total. The monoisotopic (exact) mass is 276 g/mol. The number of anilines is 2. The van der Waals surface area contributed by atoms with E-state index >= 15 is 0 Å². The summed E-state index contributed by atoms with van der Waals surface area (Å²) in [5.74, 6) is 0. The van der Waals surface area contributed by atoms with Crippen LogP contribution in [0, 0.1) is 6.92 Å². The number of hydrogen-bond donors (Lipinski definition) is 2. The average molecular weight is 277 g/mol. The van der Waals surface area contributed by atoms with Crippen LogP contribution in [0.3, 0.4) is 0 Å². The van der Waals surface area contributed by atoms with Gasteiger partial charge in [-0.05, 0) is 30.7 Å². The molecule has 0 aliphatic carbocycles. The van der Waals surface area contributed by atoms with Gasteiger partial charge >= 0.3 is 0 Å². The van der Waals surface area contributed by atoms with E-state index in [1.807, 2.05) is 49.4 Å². The van der Waals surface area contributed by atoms with Crippen LogP contribution in [0.1, 0.15) is 11.1 Å². The second-order valence-corrected chi connectivity index (χ2v) is 4.81. The van der Waals surface area contributed by atoms with Crippen LogP contribution < -0.4 is 11.1 Å². The first-order chi connectivity index (χ1) is 8.59. The number of rotatable bonds is 3. The summed E-state index contributed by atoms with van der Waals surface area (Å²) in [4.78, 5) is 0.369. The van der Waals surface area contributed by atoms with Crippen molar-refractivity contribution in [2.24, 2.45) is 5.73 Å². The Morgan fingerprint density at radius 2 is 1.89 bits per heavy atom. The molecule has 3 N–H and O–H groups in total. The molecular formula is C14H13ClN2S. The minimum Gasteiger partial charge on any atom is -0.389 e. The summed E-state index contributed by atoms with van der Waals surface area (Å²) in [7, 11) is 0. The van der Waals surface area contributed by atoms with E-state index in [2.05, 4.69) is 5.32 Å². The molecule has 0 heterocycles. The molecule has 2 aromatic carbocycles. The van der Waals surface area contributed by atoms with E-state index in [0.29, 0.717) is 10.0 Å². The van der Waals surface area contributed by atoms with Crippen LogP contribution in [0.2, 0.25) is 5.02 Å². The summed E-state index contributed by atoms with van der Waals surface area (Å²) in [5, 5.41) is 3.95. The molecular weight excluding hydrogens is 264 g/mol. The van der Waals surface area contributed by atoms with Gasteiger partial charge in [0.25, 0.3) is 0 Å². The van der Waals surface area contributed by atoms with E-state index in [9.17, 15) is 0 Å². The van der Waals surface area contributed by atoms with Crippen LogP contribution in [0.4, 0.5) is 11.4 Å². The lowest BCUT2D eigenvalue weighted by Crippen LogP contribution is -2.12. The van der Waals surface area contributed by atoms with Crippen molar-refractivity contribution in [3.05, 3.63) is 58.6 Å². The Hall–Kier alpha value is -1.58. The van der Waals surface area contributed by atoms with Crippen molar-refractivity contribution in [1.29, 1.82) is 0 Å². The quantitative estimate of drug-likeness (QED) is 0.832. The highest BCUT2D eigenvalue weighted by Gasteiger charge is 2.09. The predicted octanol–water partition coefficient (Wildman–Crippen LogP) is 4.03. The smallest absolute Gasteiger partial charge is 0.106 e. The Morgan fingerprint density at radius 3 is 2.56 bits per heavy atom. The normalized spacial score (nSPS) is 10.1. The van der Waals surface area contributed by atoms with Gasteiger partial charge in [-0.2, -0.15) is 0 Å². The Balaban J connectivity index is 2.46. The summed E-state index contributed by atoms with van der Waals surface area (Å²) in [6, 6.07) is 13.4. The van der Waals surface area contributed by atoms with Crippen LogP contribution in [0.15, 0.2) is 42.5 Å². The summed E-state index contributed by atoms with van der Waals surface area (Å²) in [5.41, 5.74) is 9.37. The molecule has 0 radical (unpaired) electrons. The van der Waals surface area contributed by atoms with Crippen LogP contribution in [0.5, 0.6) is 0 Å². The largest absolute Gasteiger partial charge is 0.389 e. The minimum absolute atomic E-state index is 0.369. The van der Waals surface area contributed by atoms with Crippen molar-refractivity contribution >= 4 is 40.2 Å². The van der Waals surface area contributed by atoms with Gasteiger partial charge in [-0.25, -0.2) is 0 Å². The standard InChI is InChI=1S/C14H13ClN2S/c1-9-5-4-6-10(14(16)18)13(9)17-12-8-3-2-7-11(12)15/h2-8,17H,1H3,(H2,16,18). The van der Waals surface area contributed by atoms with Gasteiger partial charge in [0.15, 0.2) is 0 Å². The molecule has 0 bridgehead atoms. The number of halogens is 1. The number of para-hydroxylation sites is 2. The lowest BCUT2D eigenvalue weighted by Gasteiger charge is -2.15. The molecule has 92 valence electrons. The van der Waals surface area contributed by atoms with Gasteiger partial charge in [-0.15, -0.1) is 0 Å². The molecule has 2 rings (SSSR count). The molecule has 0 spiro atoms. The Bertz CT molecular complexity index is 596. The minimum atomic E-state index is 0.369. The Labute approximate surface area is 117 Å². The number of nitrogens with two attached hydrogens (primary N) is 1. The van der Waals surface area contributed by atoms with Crippen molar-refractivity contribution in [2.75, 3.05) is 5.32 Å². The fraction of sp³-hybridized carbons (Fsp3) is 0.0714. The maximum absolute atomic E-state index is 6.13. The molecule has 0 amide bonds. The van der Waals surface area contributed by atoms with E-state index in [1.165, 1.54) is 0 Å². The third-order valence-electron chi connectivity index (χ3n) is 2.67. The molecule has 0 aliphatic rings. The van der Waals surface area contributed by atoms with Gasteiger partial charge in [0.2, 0.25) is 0 Å². The van der Waals surface area contributed by atoms with Crippen LogP contribution >= 0.6 is 23.8 Å². The lowest BCUT2D eigenvalue weighted by molar-refractivity contribution is 1.41. The zero-order valence-corrected chi connectivity index (χ0v) is 11.5. The Morgan fingerprint density at radius 1 is 1.17 bits per heavy atom. The van der Waals surface area contributed by atoms with Gasteiger partial charge in [-0.1, -0.05) is 48.1 Å². The summed E-state index contributed by atoms with van der Waals surface area (Å²) >= 11 is 11.2. The molecule has 0 aromatic heterocycles. The number of thiocarbonyl (C=S) groups is 1. The number of aryl methyl sites for hydroxylation is 1. The van der Waals surface area contributed by atoms with Gasteiger partial charge in [0.1, 0.15) is 4.99 Å². The number of hydrogen-bond acceptors (Lipinski definition) is 2. The fourth-order valence-corrected chi connectivity index (χ4v) is 2.09. The fourth-order valence-electron chi connectivity index (χ4n) is 1.74. The molecule has 4 heteroatoms. The maximum atomic E-state index is 6.13. The zero-order chi connectivity index (χ0) is 13.1. The van der Waals surface area contributed by atoms with E-state index in [4.69, 9.17) is 29.6 Å². The molecule has 0 saturated heterocycles. The molecule has 0 fully saturated rings. The summed E-state index contributed by atoms with van der Waals surface area (Å²) in [6.07, 6.45) is 0. The summed E-state index contributed by atoms with van der Waals surface area (Å²) < 4.78 is 0. The van der Waals surface area contributed by atoms with E-state index in [-0.39, 0.29) is 0 Å². The van der Waals surface area contributed by atoms with Gasteiger partial charge in [0.05, 0.1) is 16.4 Å². The summed E-state index contributed by atoms with van der Waals surface area (Å²) in [6.45, 7) is 2.00. The molecule has 18 heavy (non-hydrogen) atoms. The van der Waals surface area contributed by atoms with Crippen molar-refractivity contribution in [2.45, 2.75) is 6.92 Å². The molecule has 2 aromatic rings. The van der Waals surface area contributed by atoms with Crippen molar-refractivity contribution < 1.29 is 0 Å². The highest BCUT2D eigenvalue weighted by Crippen LogP contribution is 2.29. The molecule has 0 aliphatic heterocycles. The SMILES string of the molecule is Cc1cccc(C(N)=S)c1Nc1ccccc1Cl. The van der Waals surface area contributed by atoms with Gasteiger partial charge in [-0.3, -0.25) is 0 Å². The van der Waals surface area contributed by atoms with E-state index in [1.54, 1.807) is 0 Å². The molecule has 0 saturated carbocycles. The number of benzene rings is 2. The molecule has 0 unspecified atom stereocenters. The maximum Gasteiger partial charge on any atom is 0.106 e. The Kier molecular flexibility index (Phi) is 3.84. The predicted molar refractivity (Wildman–Crippen MR) is 81.8 cm³/mol. The third kappa shape index (κ3) is 2.63. The van der Waals surface area contributed by atoms with Crippen LogP contribution in [0.25, 0.3) is 0 Å². The first kappa shape index (κ1) is 12.9. The number of nitrogens with one attached hydrogen (secondary N) is 1. The second-order valence-electron chi connectivity index (χ2n) is 3.97. The topological polar surface area (TPSA) is 38.0 Å². The highest BCUT2D eigenvalue weighted by atomic mass is 35.5. The van der Waals surface area contributed by atoms with E-state index < -0.39 is 0 Å². The van der Waals surface area contributed by atoms with Gasteiger partial charge in [0, 0.05) is 5.56 Å². The van der Waals surface area contributed by atoms with Crippen molar-refractivity contribution in [3.63, 3.8) is 0 Å². The highest BCUT2D eigenvalue weighted by molar-refractivity contribution is 7.80.